The molecule has 0 saturated carbocycles. The highest BCUT2D eigenvalue weighted by Gasteiger charge is 2.48. The number of benzene rings is 1. The predicted molar refractivity (Wildman–Crippen MR) is 71.3 cm³/mol. The molecule has 2 fully saturated rings. The van der Waals surface area contributed by atoms with Gasteiger partial charge in [0.15, 0.2) is 0 Å². The molecule has 2 atom stereocenters. The Balaban J connectivity index is 1.55. The molecule has 106 valence electrons. The first-order valence-corrected chi connectivity index (χ1v) is 6.80. The lowest BCUT2D eigenvalue weighted by Crippen LogP contribution is -2.44. The van der Waals surface area contributed by atoms with Gasteiger partial charge in [0.05, 0.1) is 13.7 Å². The van der Waals surface area contributed by atoms with E-state index in [1.54, 1.807) is 12.0 Å². The zero-order valence-electron chi connectivity index (χ0n) is 11.4. The van der Waals surface area contributed by atoms with Crippen molar-refractivity contribution >= 4 is 11.9 Å². The van der Waals surface area contributed by atoms with E-state index in [1.165, 1.54) is 0 Å². The van der Waals surface area contributed by atoms with Crippen LogP contribution in [0.2, 0.25) is 0 Å². The van der Waals surface area contributed by atoms with Crippen LogP contribution < -0.4 is 4.74 Å². The smallest absolute Gasteiger partial charge is 0.329 e. The molecule has 2 aliphatic heterocycles. The van der Waals surface area contributed by atoms with Gasteiger partial charge in [-0.15, -0.1) is 0 Å². The lowest BCUT2D eigenvalue weighted by atomic mass is 10.1. The van der Waals surface area contributed by atoms with Crippen molar-refractivity contribution < 1.29 is 19.1 Å². The largest absolute Gasteiger partial charge is 0.497 e. The fraction of sp³-hybridized carbons (Fsp3) is 0.467. The molecule has 1 aromatic rings. The molecule has 5 heteroatoms. The fourth-order valence-electron chi connectivity index (χ4n) is 2.81. The van der Waals surface area contributed by atoms with Crippen LogP contribution in [0.15, 0.2) is 24.3 Å². The van der Waals surface area contributed by atoms with Crippen molar-refractivity contribution in [3.05, 3.63) is 29.8 Å². The van der Waals surface area contributed by atoms with E-state index in [0.29, 0.717) is 25.8 Å². The lowest BCUT2D eigenvalue weighted by molar-refractivity contribution is -0.157. The van der Waals surface area contributed by atoms with Crippen LogP contribution >= 0.6 is 0 Å². The molecule has 1 amide bonds. The topological polar surface area (TPSA) is 55.8 Å². The molecule has 0 N–H and O–H groups in total. The monoisotopic (exact) mass is 275 g/mol. The predicted octanol–water partition coefficient (Wildman–Crippen LogP) is 1.15. The van der Waals surface area contributed by atoms with Gasteiger partial charge in [0.1, 0.15) is 17.9 Å². The summed E-state index contributed by atoms with van der Waals surface area (Å²) < 4.78 is 10.2. The molecule has 2 saturated heterocycles. The molecule has 1 aromatic carbocycles. The summed E-state index contributed by atoms with van der Waals surface area (Å²) in [6.07, 6.45) is 1.67. The summed E-state index contributed by atoms with van der Waals surface area (Å²) in [5.74, 6) is 0.587. The summed E-state index contributed by atoms with van der Waals surface area (Å²) >= 11 is 0. The Morgan fingerprint density at radius 1 is 1.40 bits per heavy atom. The second-order valence-electron chi connectivity index (χ2n) is 5.20. The molecule has 20 heavy (non-hydrogen) atoms. The van der Waals surface area contributed by atoms with Crippen LogP contribution in [0.1, 0.15) is 18.4 Å². The third-order valence-corrected chi connectivity index (χ3v) is 3.92. The average molecular weight is 275 g/mol. The molecule has 2 aliphatic rings. The molecular weight excluding hydrogens is 258 g/mol. The van der Waals surface area contributed by atoms with E-state index in [-0.39, 0.29) is 24.0 Å². The fourth-order valence-corrected chi connectivity index (χ4v) is 2.81. The number of amides is 1. The zero-order chi connectivity index (χ0) is 14.1. The molecular formula is C15H17NO4. The Morgan fingerprint density at radius 3 is 2.75 bits per heavy atom. The average Bonchev–Trinajstić information content (AvgIpc) is 3.04. The molecule has 2 heterocycles. The first-order valence-electron chi connectivity index (χ1n) is 6.80. The molecule has 3 rings (SSSR count). The van der Waals surface area contributed by atoms with Crippen LogP contribution in [-0.2, 0) is 20.7 Å². The first kappa shape index (κ1) is 13.0. The van der Waals surface area contributed by atoms with Crippen LogP contribution in [-0.4, -0.2) is 42.6 Å². The van der Waals surface area contributed by atoms with Crippen LogP contribution in [0, 0.1) is 0 Å². The zero-order valence-corrected chi connectivity index (χ0v) is 11.4. The molecule has 0 radical (unpaired) electrons. The number of esters is 1. The molecule has 0 aromatic heterocycles. The molecule has 0 spiro atoms. The number of methoxy groups -OCH3 is 1. The van der Waals surface area contributed by atoms with Crippen LogP contribution in [0.25, 0.3) is 0 Å². The normalized spacial score (nSPS) is 23.9. The van der Waals surface area contributed by atoms with E-state index < -0.39 is 0 Å². The summed E-state index contributed by atoms with van der Waals surface area (Å²) in [4.78, 5) is 25.3. The Labute approximate surface area is 117 Å². The van der Waals surface area contributed by atoms with E-state index in [9.17, 15) is 9.59 Å². The van der Waals surface area contributed by atoms with Gasteiger partial charge < -0.3 is 14.4 Å². The molecule has 5 nitrogen and oxygen atoms in total. The van der Waals surface area contributed by atoms with Crippen molar-refractivity contribution in [2.24, 2.45) is 0 Å². The maximum atomic E-state index is 12.2. The van der Waals surface area contributed by atoms with Gasteiger partial charge >= 0.3 is 5.97 Å². The number of nitrogens with zero attached hydrogens (tertiary/aromatic N) is 1. The highest BCUT2D eigenvalue weighted by molar-refractivity contribution is 5.87. The number of ether oxygens (including phenoxy) is 2. The number of hydrogen-bond donors (Lipinski definition) is 0. The lowest BCUT2D eigenvalue weighted by Gasteiger charge is -2.25. The van der Waals surface area contributed by atoms with E-state index in [1.807, 2.05) is 24.3 Å². The minimum Gasteiger partial charge on any atom is -0.497 e. The number of morpholine rings is 1. The maximum absolute atomic E-state index is 12.2. The quantitative estimate of drug-likeness (QED) is 0.774. The van der Waals surface area contributed by atoms with Crippen LogP contribution in [0.3, 0.4) is 0 Å². The Kier molecular flexibility index (Phi) is 3.34. The van der Waals surface area contributed by atoms with Gasteiger partial charge in [-0.3, -0.25) is 4.79 Å². The number of hydrogen-bond acceptors (Lipinski definition) is 4. The first-order chi connectivity index (χ1) is 9.67. The highest BCUT2D eigenvalue weighted by atomic mass is 16.6. The molecule has 2 unspecified atom stereocenters. The highest BCUT2D eigenvalue weighted by Crippen LogP contribution is 2.29. The number of carbonyl (C=O) groups excluding carboxylic acids is 2. The Hall–Kier alpha value is -2.04. The maximum Gasteiger partial charge on any atom is 0.329 e. The van der Waals surface area contributed by atoms with Crippen molar-refractivity contribution in [3.8, 4) is 5.75 Å². The standard InChI is InChI=1S/C15H17NO4/c1-19-11-5-2-10(3-6-11)4-7-14(17)16-9-12-8-13(16)15(18)20-12/h2-3,5-6,12-13H,4,7-9H2,1H3. The minimum atomic E-state index is -0.344. The molecule has 0 aliphatic carbocycles. The number of fused-ring (bicyclic) bond motifs is 2. The summed E-state index contributed by atoms with van der Waals surface area (Å²) in [6, 6.07) is 7.33. The van der Waals surface area contributed by atoms with Gasteiger partial charge in [0.25, 0.3) is 0 Å². The Morgan fingerprint density at radius 2 is 2.15 bits per heavy atom. The van der Waals surface area contributed by atoms with Crippen molar-refractivity contribution in [1.82, 2.24) is 4.90 Å². The number of carbonyl (C=O) groups is 2. The second kappa shape index (κ2) is 5.15. The Bertz CT molecular complexity index is 525. The third kappa shape index (κ3) is 2.35. The van der Waals surface area contributed by atoms with Crippen molar-refractivity contribution in [3.63, 3.8) is 0 Å². The van der Waals surface area contributed by atoms with Crippen molar-refractivity contribution in [1.29, 1.82) is 0 Å². The van der Waals surface area contributed by atoms with Gasteiger partial charge in [0, 0.05) is 12.8 Å². The number of rotatable bonds is 4. The summed E-state index contributed by atoms with van der Waals surface area (Å²) in [5.41, 5.74) is 1.09. The van der Waals surface area contributed by atoms with Crippen molar-refractivity contribution in [2.45, 2.75) is 31.4 Å². The van der Waals surface area contributed by atoms with Gasteiger partial charge in [-0.05, 0) is 24.1 Å². The van der Waals surface area contributed by atoms with Crippen molar-refractivity contribution in [2.75, 3.05) is 13.7 Å². The SMILES string of the molecule is COc1ccc(CCC(=O)N2CC3CC2C(=O)O3)cc1. The third-order valence-electron chi connectivity index (χ3n) is 3.92. The van der Waals surface area contributed by atoms with Crippen LogP contribution in [0.4, 0.5) is 0 Å². The van der Waals surface area contributed by atoms with E-state index in [4.69, 9.17) is 9.47 Å². The second-order valence-corrected chi connectivity index (χ2v) is 5.20. The molecule has 2 bridgehead atoms. The van der Waals surface area contributed by atoms with Crippen LogP contribution in [0.5, 0.6) is 5.75 Å². The number of likely N-dealkylation sites (tertiary alicyclic amines) is 1. The van der Waals surface area contributed by atoms with E-state index in [2.05, 4.69) is 0 Å². The summed E-state index contributed by atoms with van der Waals surface area (Å²) in [7, 11) is 1.63. The van der Waals surface area contributed by atoms with Gasteiger partial charge in [-0.2, -0.15) is 0 Å². The summed E-state index contributed by atoms with van der Waals surface area (Å²) in [6.45, 7) is 0.553. The van der Waals surface area contributed by atoms with Gasteiger partial charge in [-0.25, -0.2) is 4.79 Å². The van der Waals surface area contributed by atoms with Gasteiger partial charge in [0.2, 0.25) is 5.91 Å². The number of aryl methyl sites for hydroxylation is 1. The minimum absolute atomic E-state index is 0.0324. The van der Waals surface area contributed by atoms with Gasteiger partial charge in [-0.1, -0.05) is 12.1 Å². The van der Waals surface area contributed by atoms with E-state index >= 15 is 0 Å². The van der Waals surface area contributed by atoms with E-state index in [0.717, 1.165) is 11.3 Å². The summed E-state index contributed by atoms with van der Waals surface area (Å²) in [5, 5.41) is 0.